The van der Waals surface area contributed by atoms with E-state index in [9.17, 15) is 9.59 Å². The Hall–Kier alpha value is -2.23. The molecule has 0 radical (unpaired) electrons. The molecular weight excluding hydrogens is 232 g/mol. The van der Waals surface area contributed by atoms with E-state index in [0.29, 0.717) is 5.82 Å². The number of carboxylic acid groups (broad SMARTS) is 1. The predicted molar refractivity (Wildman–Crippen MR) is 52.8 cm³/mol. The van der Waals surface area contributed by atoms with Crippen LogP contribution in [-0.4, -0.2) is 55.5 Å². The maximum Gasteiger partial charge on any atom is 0.334 e. The topological polar surface area (TPSA) is 153 Å². The molecule has 0 aliphatic carbocycles. The lowest BCUT2D eigenvalue weighted by atomic mass is 10.3. The van der Waals surface area contributed by atoms with Crippen LogP contribution in [0.25, 0.3) is 0 Å². The van der Waals surface area contributed by atoms with Crippen molar-refractivity contribution in [2.45, 2.75) is 19.1 Å². The first-order valence-corrected chi connectivity index (χ1v) is 4.69. The Morgan fingerprint density at radius 2 is 2.24 bits per heavy atom. The van der Waals surface area contributed by atoms with Gasteiger partial charge in [0.25, 0.3) is 0 Å². The van der Waals surface area contributed by atoms with Crippen LogP contribution in [0.15, 0.2) is 0 Å². The Kier molecular flexibility index (Phi) is 4.34. The van der Waals surface area contributed by atoms with E-state index in [1.165, 1.54) is 0 Å². The highest BCUT2D eigenvalue weighted by Crippen LogP contribution is 2.01. The molecule has 94 valence electrons. The molecule has 1 heterocycles. The van der Waals surface area contributed by atoms with Crippen LogP contribution >= 0.6 is 0 Å². The zero-order chi connectivity index (χ0) is 12.8. The Balaban J connectivity index is 2.32. The smallest absolute Gasteiger partial charge is 0.334 e. The second-order valence-corrected chi connectivity index (χ2v) is 3.20. The summed E-state index contributed by atoms with van der Waals surface area (Å²) in [6.45, 7) is 1.23. The number of carboxylic acids is 1. The summed E-state index contributed by atoms with van der Waals surface area (Å²) in [5.74, 6) is -1.12. The Morgan fingerprint density at radius 1 is 1.53 bits per heavy atom. The van der Waals surface area contributed by atoms with Gasteiger partial charge in [-0.05, 0) is 6.92 Å². The number of aromatic nitrogens is 4. The van der Waals surface area contributed by atoms with Crippen molar-refractivity contribution < 1.29 is 19.8 Å². The van der Waals surface area contributed by atoms with E-state index in [1.54, 1.807) is 6.92 Å². The monoisotopic (exact) mass is 244 g/mol. The van der Waals surface area contributed by atoms with E-state index in [0.717, 1.165) is 0 Å². The lowest BCUT2D eigenvalue weighted by molar-refractivity contribution is -0.146. The van der Waals surface area contributed by atoms with Gasteiger partial charge in [-0.15, -0.1) is 10.2 Å². The van der Waals surface area contributed by atoms with Crippen LogP contribution in [0.5, 0.6) is 0 Å². The minimum Gasteiger partial charge on any atom is -0.479 e. The van der Waals surface area contributed by atoms with Crippen molar-refractivity contribution in [1.82, 2.24) is 31.3 Å². The summed E-state index contributed by atoms with van der Waals surface area (Å²) in [4.78, 5) is 21.5. The van der Waals surface area contributed by atoms with E-state index in [1.807, 2.05) is 0 Å². The lowest BCUT2D eigenvalue weighted by Gasteiger charge is -2.12. The first-order chi connectivity index (χ1) is 8.00. The third kappa shape index (κ3) is 4.03. The van der Waals surface area contributed by atoms with Gasteiger partial charge in [-0.25, -0.2) is 9.59 Å². The van der Waals surface area contributed by atoms with E-state index in [2.05, 4.69) is 31.3 Å². The van der Waals surface area contributed by atoms with Crippen molar-refractivity contribution in [2.75, 3.05) is 6.54 Å². The fourth-order valence-corrected chi connectivity index (χ4v) is 0.942. The zero-order valence-corrected chi connectivity index (χ0v) is 8.91. The molecule has 0 aliphatic heterocycles. The molecule has 2 unspecified atom stereocenters. The van der Waals surface area contributed by atoms with Gasteiger partial charge in [0.15, 0.2) is 11.9 Å². The number of nitrogens with zero attached hydrogens (tertiary/aromatic N) is 3. The number of aromatic amines is 1. The standard InChI is InChI=1S/C7H12N6O4/c1-3(5-10-12-13-11-5)9-7(17)8-2-4(14)6(15)16/h3-4,14H,2H2,1H3,(H,15,16)(H2,8,9,17)(H,10,11,12,13). The summed E-state index contributed by atoms with van der Waals surface area (Å²) in [7, 11) is 0. The minimum atomic E-state index is -1.64. The van der Waals surface area contributed by atoms with E-state index >= 15 is 0 Å². The maximum atomic E-state index is 11.3. The van der Waals surface area contributed by atoms with Crippen LogP contribution in [-0.2, 0) is 4.79 Å². The molecule has 0 aromatic carbocycles. The summed E-state index contributed by atoms with van der Waals surface area (Å²) in [6.07, 6.45) is -1.64. The van der Waals surface area contributed by atoms with Gasteiger partial charge in [0, 0.05) is 0 Å². The minimum absolute atomic E-state index is 0.291. The second kappa shape index (κ2) is 5.75. The van der Waals surface area contributed by atoms with Crippen molar-refractivity contribution in [3.63, 3.8) is 0 Å². The molecule has 1 rings (SSSR count). The number of hydrogen-bond acceptors (Lipinski definition) is 6. The number of nitrogens with one attached hydrogen (secondary N) is 3. The molecule has 0 fully saturated rings. The lowest BCUT2D eigenvalue weighted by Crippen LogP contribution is -2.42. The number of hydrogen-bond donors (Lipinski definition) is 5. The SMILES string of the molecule is CC(NC(=O)NCC(O)C(=O)O)c1nn[nH]n1. The number of carbonyl (C=O) groups is 2. The van der Waals surface area contributed by atoms with Crippen molar-refractivity contribution in [2.24, 2.45) is 0 Å². The summed E-state index contributed by atoms with van der Waals surface area (Å²) in [6, 6.07) is -1.13. The van der Waals surface area contributed by atoms with Gasteiger partial charge in [-0.3, -0.25) is 0 Å². The van der Waals surface area contributed by atoms with E-state index < -0.39 is 24.1 Å². The maximum absolute atomic E-state index is 11.3. The largest absolute Gasteiger partial charge is 0.479 e. The molecule has 2 atom stereocenters. The molecule has 10 heteroatoms. The Labute approximate surface area is 95.4 Å². The van der Waals surface area contributed by atoms with Crippen LogP contribution in [0.2, 0.25) is 0 Å². The summed E-state index contributed by atoms with van der Waals surface area (Å²) < 4.78 is 0. The van der Waals surface area contributed by atoms with Crippen molar-refractivity contribution in [3.05, 3.63) is 5.82 Å². The highest BCUT2D eigenvalue weighted by Gasteiger charge is 2.16. The Morgan fingerprint density at radius 3 is 2.76 bits per heavy atom. The molecule has 10 nitrogen and oxygen atoms in total. The van der Waals surface area contributed by atoms with Gasteiger partial charge in [0.2, 0.25) is 0 Å². The third-order valence-electron chi connectivity index (χ3n) is 1.84. The summed E-state index contributed by atoms with van der Waals surface area (Å²) in [5, 5.41) is 34.8. The Bertz CT molecular complexity index is 380. The number of carbonyl (C=O) groups excluding carboxylic acids is 1. The molecular formula is C7H12N6O4. The molecule has 1 aromatic heterocycles. The van der Waals surface area contributed by atoms with Crippen LogP contribution < -0.4 is 10.6 Å². The molecule has 1 aromatic rings. The molecule has 17 heavy (non-hydrogen) atoms. The van der Waals surface area contributed by atoms with Crippen LogP contribution in [0.4, 0.5) is 4.79 Å². The quantitative estimate of drug-likeness (QED) is 0.401. The highest BCUT2D eigenvalue weighted by molar-refractivity contribution is 5.76. The van der Waals surface area contributed by atoms with Crippen LogP contribution in [0.3, 0.4) is 0 Å². The summed E-state index contributed by atoms with van der Waals surface area (Å²) in [5.41, 5.74) is 0. The van der Waals surface area contributed by atoms with Crippen LogP contribution in [0, 0.1) is 0 Å². The number of aliphatic carboxylic acids is 1. The molecule has 0 spiro atoms. The van der Waals surface area contributed by atoms with Gasteiger partial charge in [-0.2, -0.15) is 5.21 Å². The van der Waals surface area contributed by atoms with Gasteiger partial charge in [0.1, 0.15) is 0 Å². The number of aliphatic hydroxyl groups is 1. The predicted octanol–water partition coefficient (Wildman–Crippen LogP) is -1.99. The third-order valence-corrected chi connectivity index (χ3v) is 1.84. The molecule has 0 aliphatic rings. The average molecular weight is 244 g/mol. The number of H-pyrrole nitrogens is 1. The number of tetrazole rings is 1. The fraction of sp³-hybridized carbons (Fsp3) is 0.571. The van der Waals surface area contributed by atoms with Gasteiger partial charge in [0.05, 0.1) is 12.6 Å². The van der Waals surface area contributed by atoms with Gasteiger partial charge in [-0.1, -0.05) is 5.21 Å². The number of urea groups is 1. The zero-order valence-electron chi connectivity index (χ0n) is 8.91. The normalized spacial score (nSPS) is 13.8. The van der Waals surface area contributed by atoms with E-state index in [-0.39, 0.29) is 6.54 Å². The highest BCUT2D eigenvalue weighted by atomic mass is 16.4. The molecule has 0 saturated heterocycles. The number of rotatable bonds is 5. The second-order valence-electron chi connectivity index (χ2n) is 3.20. The van der Waals surface area contributed by atoms with Crippen molar-refractivity contribution >= 4 is 12.0 Å². The fourth-order valence-electron chi connectivity index (χ4n) is 0.942. The number of aliphatic hydroxyl groups excluding tert-OH is 1. The first kappa shape index (κ1) is 12.8. The van der Waals surface area contributed by atoms with E-state index in [4.69, 9.17) is 10.2 Å². The van der Waals surface area contributed by atoms with Gasteiger partial charge >= 0.3 is 12.0 Å². The van der Waals surface area contributed by atoms with Crippen LogP contribution in [0.1, 0.15) is 18.8 Å². The molecule has 5 N–H and O–H groups in total. The van der Waals surface area contributed by atoms with Gasteiger partial charge < -0.3 is 20.8 Å². The molecule has 2 amide bonds. The molecule has 0 saturated carbocycles. The van der Waals surface area contributed by atoms with Crippen molar-refractivity contribution in [3.8, 4) is 0 Å². The first-order valence-electron chi connectivity index (χ1n) is 4.69. The van der Waals surface area contributed by atoms with Crippen molar-refractivity contribution in [1.29, 1.82) is 0 Å². The number of amides is 2. The summed E-state index contributed by atoms with van der Waals surface area (Å²) >= 11 is 0. The molecule has 0 bridgehead atoms. The average Bonchev–Trinajstić information content (AvgIpc) is 2.78.